The molecule has 6 nitrogen and oxygen atoms in total. The van der Waals surface area contributed by atoms with Crippen LogP contribution in [0, 0.1) is 0 Å². The number of aromatic nitrogens is 2. The zero-order chi connectivity index (χ0) is 13.5. The number of fused-ring (bicyclic) bond motifs is 1. The Morgan fingerprint density at radius 1 is 1.42 bits per heavy atom. The van der Waals surface area contributed by atoms with Crippen molar-refractivity contribution in [3.63, 3.8) is 0 Å². The normalized spacial score (nSPS) is 21.6. The maximum Gasteiger partial charge on any atom is 0.251 e. The average molecular weight is 279 g/mol. The molecule has 0 aliphatic carbocycles. The van der Waals surface area contributed by atoms with Gasteiger partial charge in [-0.1, -0.05) is 0 Å². The largest absolute Gasteiger partial charge is 0.348 e. The van der Waals surface area contributed by atoms with Crippen LogP contribution in [0.15, 0.2) is 24.5 Å². The van der Waals surface area contributed by atoms with E-state index >= 15 is 0 Å². The van der Waals surface area contributed by atoms with E-state index in [1.165, 1.54) is 0 Å². The van der Waals surface area contributed by atoms with Crippen molar-refractivity contribution in [3.8, 4) is 0 Å². The highest BCUT2D eigenvalue weighted by atomic mass is 32.2. The Bertz CT molecular complexity index is 736. The second-order valence-electron chi connectivity index (χ2n) is 4.71. The number of aromatic amines is 1. The van der Waals surface area contributed by atoms with Crippen molar-refractivity contribution >= 4 is 26.8 Å². The fraction of sp³-hybridized carbons (Fsp3) is 0.333. The van der Waals surface area contributed by atoms with Crippen LogP contribution in [0.3, 0.4) is 0 Å². The second kappa shape index (κ2) is 4.34. The minimum absolute atomic E-state index is 0.0328. The average Bonchev–Trinajstić information content (AvgIpc) is 2.94. The van der Waals surface area contributed by atoms with E-state index in [4.69, 9.17) is 0 Å². The molecule has 2 aromatic rings. The van der Waals surface area contributed by atoms with Gasteiger partial charge in [-0.25, -0.2) is 13.4 Å². The third-order valence-electron chi connectivity index (χ3n) is 3.25. The van der Waals surface area contributed by atoms with Crippen LogP contribution < -0.4 is 5.32 Å². The van der Waals surface area contributed by atoms with Crippen molar-refractivity contribution in [2.75, 3.05) is 11.5 Å². The predicted octanol–water partition coefficient (Wildman–Crippen LogP) is 0.480. The number of hydrogen-bond acceptors (Lipinski definition) is 4. The Labute approximate surface area is 110 Å². The SMILES string of the molecule is O=C(NC1CCS(=O)(=O)C1)c1ccc2nc[nH]c2c1. The zero-order valence-electron chi connectivity index (χ0n) is 10.1. The van der Waals surface area contributed by atoms with Crippen LogP contribution in [-0.2, 0) is 9.84 Å². The first-order chi connectivity index (χ1) is 9.03. The molecule has 1 amide bonds. The predicted molar refractivity (Wildman–Crippen MR) is 70.6 cm³/mol. The van der Waals surface area contributed by atoms with Gasteiger partial charge in [0.1, 0.15) is 0 Å². The van der Waals surface area contributed by atoms with E-state index in [1.807, 2.05) is 0 Å². The molecule has 1 atom stereocenters. The van der Waals surface area contributed by atoms with Crippen molar-refractivity contribution in [1.82, 2.24) is 15.3 Å². The second-order valence-corrected chi connectivity index (χ2v) is 6.94. The molecule has 7 heteroatoms. The van der Waals surface area contributed by atoms with Gasteiger partial charge in [-0.3, -0.25) is 4.79 Å². The van der Waals surface area contributed by atoms with Crippen molar-refractivity contribution < 1.29 is 13.2 Å². The minimum atomic E-state index is -2.98. The number of nitrogens with one attached hydrogen (secondary N) is 2. The number of benzene rings is 1. The first-order valence-corrected chi connectivity index (χ1v) is 7.80. The molecule has 1 aromatic carbocycles. The van der Waals surface area contributed by atoms with Gasteiger partial charge in [0.25, 0.3) is 5.91 Å². The summed E-state index contributed by atoms with van der Waals surface area (Å²) in [5.74, 6) is -0.0682. The van der Waals surface area contributed by atoms with Gasteiger partial charge in [0.15, 0.2) is 9.84 Å². The maximum absolute atomic E-state index is 12.0. The summed E-state index contributed by atoms with van der Waals surface area (Å²) in [5.41, 5.74) is 2.08. The number of H-pyrrole nitrogens is 1. The number of nitrogens with zero attached hydrogens (tertiary/aromatic N) is 1. The van der Waals surface area contributed by atoms with E-state index in [1.54, 1.807) is 24.5 Å². The molecule has 100 valence electrons. The summed E-state index contributed by atoms with van der Waals surface area (Å²) < 4.78 is 22.7. The number of rotatable bonds is 2. The molecule has 2 heterocycles. The van der Waals surface area contributed by atoms with Crippen LogP contribution in [-0.4, -0.2) is 41.8 Å². The van der Waals surface area contributed by atoms with Crippen LogP contribution in [0.1, 0.15) is 16.8 Å². The molecule has 1 aromatic heterocycles. The van der Waals surface area contributed by atoms with Crippen molar-refractivity contribution in [2.45, 2.75) is 12.5 Å². The van der Waals surface area contributed by atoms with Gasteiger partial charge < -0.3 is 10.3 Å². The summed E-state index contributed by atoms with van der Waals surface area (Å²) in [6, 6.07) is 4.87. The van der Waals surface area contributed by atoms with E-state index < -0.39 is 9.84 Å². The van der Waals surface area contributed by atoms with E-state index in [-0.39, 0.29) is 23.5 Å². The highest BCUT2D eigenvalue weighted by Gasteiger charge is 2.29. The van der Waals surface area contributed by atoms with Crippen molar-refractivity contribution in [2.24, 2.45) is 0 Å². The van der Waals surface area contributed by atoms with Gasteiger partial charge >= 0.3 is 0 Å². The lowest BCUT2D eigenvalue weighted by molar-refractivity contribution is 0.0941. The molecular weight excluding hydrogens is 266 g/mol. The lowest BCUT2D eigenvalue weighted by atomic mass is 10.1. The molecule has 19 heavy (non-hydrogen) atoms. The maximum atomic E-state index is 12.0. The Balaban J connectivity index is 1.76. The number of carbonyl (C=O) groups excluding carboxylic acids is 1. The van der Waals surface area contributed by atoms with E-state index in [2.05, 4.69) is 15.3 Å². The van der Waals surface area contributed by atoms with E-state index in [0.29, 0.717) is 12.0 Å². The Morgan fingerprint density at radius 2 is 2.26 bits per heavy atom. The van der Waals surface area contributed by atoms with Crippen molar-refractivity contribution in [3.05, 3.63) is 30.1 Å². The van der Waals surface area contributed by atoms with Crippen molar-refractivity contribution in [1.29, 1.82) is 0 Å². The molecule has 1 unspecified atom stereocenters. The lowest BCUT2D eigenvalue weighted by Crippen LogP contribution is -2.35. The number of sulfone groups is 1. The Kier molecular flexibility index (Phi) is 2.78. The van der Waals surface area contributed by atoms with Gasteiger partial charge in [0.2, 0.25) is 0 Å². The first-order valence-electron chi connectivity index (χ1n) is 5.98. The summed E-state index contributed by atoms with van der Waals surface area (Å²) in [5, 5.41) is 2.76. The highest BCUT2D eigenvalue weighted by Crippen LogP contribution is 2.14. The third-order valence-corrected chi connectivity index (χ3v) is 5.02. The molecule has 1 saturated heterocycles. The fourth-order valence-corrected chi connectivity index (χ4v) is 3.93. The minimum Gasteiger partial charge on any atom is -0.348 e. The number of imidazole rings is 1. The van der Waals surface area contributed by atoms with Crippen LogP contribution >= 0.6 is 0 Å². The molecule has 0 radical (unpaired) electrons. The van der Waals surface area contributed by atoms with Crippen LogP contribution in [0.25, 0.3) is 11.0 Å². The molecule has 1 fully saturated rings. The first kappa shape index (κ1) is 12.2. The summed E-state index contributed by atoms with van der Waals surface area (Å²) in [7, 11) is -2.98. The molecular formula is C12H13N3O3S. The van der Waals surface area contributed by atoms with Gasteiger partial charge in [0.05, 0.1) is 28.9 Å². The third kappa shape index (κ3) is 2.46. The molecule has 1 aliphatic heterocycles. The van der Waals surface area contributed by atoms with Gasteiger partial charge in [0, 0.05) is 11.6 Å². The van der Waals surface area contributed by atoms with Gasteiger partial charge in [-0.2, -0.15) is 0 Å². The van der Waals surface area contributed by atoms with E-state index in [0.717, 1.165) is 11.0 Å². The standard InChI is InChI=1S/C12H13N3O3S/c16-12(15-9-3-4-19(17,18)6-9)8-1-2-10-11(5-8)14-7-13-10/h1-2,5,7,9H,3-4,6H2,(H,13,14)(H,15,16). The highest BCUT2D eigenvalue weighted by molar-refractivity contribution is 7.91. The smallest absolute Gasteiger partial charge is 0.251 e. The quantitative estimate of drug-likeness (QED) is 0.836. The van der Waals surface area contributed by atoms with E-state index in [9.17, 15) is 13.2 Å². The van der Waals surface area contributed by atoms with Gasteiger partial charge in [-0.15, -0.1) is 0 Å². The summed E-state index contributed by atoms with van der Waals surface area (Å²) in [6.07, 6.45) is 2.05. The lowest BCUT2D eigenvalue weighted by Gasteiger charge is -2.10. The topological polar surface area (TPSA) is 91.9 Å². The number of hydrogen-bond donors (Lipinski definition) is 2. The number of carbonyl (C=O) groups is 1. The molecule has 1 aliphatic rings. The summed E-state index contributed by atoms with van der Waals surface area (Å²) in [4.78, 5) is 19.0. The molecule has 0 spiro atoms. The van der Waals surface area contributed by atoms with Crippen LogP contribution in [0.2, 0.25) is 0 Å². The fourth-order valence-electron chi connectivity index (χ4n) is 2.25. The number of amides is 1. The summed E-state index contributed by atoms with van der Waals surface area (Å²) >= 11 is 0. The zero-order valence-corrected chi connectivity index (χ0v) is 10.9. The summed E-state index contributed by atoms with van der Waals surface area (Å²) in [6.45, 7) is 0. The molecule has 0 bridgehead atoms. The van der Waals surface area contributed by atoms with Gasteiger partial charge in [-0.05, 0) is 24.6 Å². The Morgan fingerprint density at radius 3 is 3.00 bits per heavy atom. The Hall–Kier alpha value is -1.89. The van der Waals surface area contributed by atoms with Crippen LogP contribution in [0.4, 0.5) is 0 Å². The monoisotopic (exact) mass is 279 g/mol. The molecule has 2 N–H and O–H groups in total. The van der Waals surface area contributed by atoms with Crippen LogP contribution in [0.5, 0.6) is 0 Å². The molecule has 0 saturated carbocycles. The molecule has 3 rings (SSSR count).